The third-order valence-corrected chi connectivity index (χ3v) is 3.57. The molecule has 17 heavy (non-hydrogen) atoms. The Kier molecular flexibility index (Phi) is 4.37. The quantitative estimate of drug-likeness (QED) is 0.842. The molecule has 94 valence electrons. The van der Waals surface area contributed by atoms with E-state index in [2.05, 4.69) is 9.88 Å². The first-order chi connectivity index (χ1) is 8.16. The predicted octanol–water partition coefficient (Wildman–Crippen LogP) is 2.47. The van der Waals surface area contributed by atoms with Crippen molar-refractivity contribution in [1.82, 2.24) is 9.88 Å². The highest BCUT2D eigenvalue weighted by Gasteiger charge is 2.26. The van der Waals surface area contributed by atoms with E-state index in [0.717, 1.165) is 25.2 Å². The number of hydrogen-bond acceptors (Lipinski definition) is 3. The highest BCUT2D eigenvalue weighted by molar-refractivity contribution is 6.29. The van der Waals surface area contributed by atoms with E-state index >= 15 is 0 Å². The second-order valence-corrected chi connectivity index (χ2v) is 5.11. The molecule has 2 heterocycles. The molecule has 4 heteroatoms. The summed E-state index contributed by atoms with van der Waals surface area (Å²) in [5, 5.41) is 10.3. The molecule has 1 saturated heterocycles. The number of nitrogens with zero attached hydrogens (tertiary/aromatic N) is 2. The second kappa shape index (κ2) is 5.80. The number of pyridine rings is 1. The lowest BCUT2D eigenvalue weighted by atomic mass is 9.98. The zero-order chi connectivity index (χ0) is 12.3. The fraction of sp³-hybridized carbons (Fsp3) is 0.615. The number of aliphatic hydroxyl groups is 1. The summed E-state index contributed by atoms with van der Waals surface area (Å²) >= 11 is 5.88. The Morgan fingerprint density at radius 1 is 1.53 bits per heavy atom. The van der Waals surface area contributed by atoms with Gasteiger partial charge in [-0.15, -0.1) is 0 Å². The first-order valence-electron chi connectivity index (χ1n) is 6.20. The lowest BCUT2D eigenvalue weighted by molar-refractivity contribution is 0.0310. The molecule has 1 aromatic rings. The fourth-order valence-corrected chi connectivity index (χ4v) is 2.69. The number of rotatable bonds is 3. The average Bonchev–Trinajstić information content (AvgIpc) is 2.29. The van der Waals surface area contributed by atoms with Crippen LogP contribution in [0.2, 0.25) is 5.15 Å². The van der Waals surface area contributed by atoms with E-state index in [9.17, 15) is 5.11 Å². The van der Waals surface area contributed by atoms with Crippen molar-refractivity contribution < 1.29 is 5.11 Å². The highest BCUT2D eigenvalue weighted by atomic mass is 35.5. The van der Waals surface area contributed by atoms with Gasteiger partial charge in [0.2, 0.25) is 0 Å². The average molecular weight is 255 g/mol. The number of halogens is 1. The number of likely N-dealkylation sites (tertiary alicyclic amines) is 1. The van der Waals surface area contributed by atoms with Gasteiger partial charge in [0, 0.05) is 12.6 Å². The molecule has 3 nitrogen and oxygen atoms in total. The summed E-state index contributed by atoms with van der Waals surface area (Å²) in [5.41, 5.74) is 0.977. The van der Waals surface area contributed by atoms with Gasteiger partial charge in [0.25, 0.3) is 0 Å². The van der Waals surface area contributed by atoms with E-state index in [4.69, 9.17) is 11.6 Å². The van der Waals surface area contributed by atoms with Crippen molar-refractivity contribution in [2.24, 2.45) is 0 Å². The molecule has 0 aliphatic carbocycles. The van der Waals surface area contributed by atoms with Crippen LogP contribution in [0.4, 0.5) is 0 Å². The number of piperidine rings is 1. The number of hydrogen-bond donors (Lipinski definition) is 1. The molecule has 1 fully saturated rings. The van der Waals surface area contributed by atoms with Gasteiger partial charge >= 0.3 is 0 Å². The zero-order valence-electron chi connectivity index (χ0n) is 10.1. The van der Waals surface area contributed by atoms with Gasteiger partial charge in [0.05, 0.1) is 11.8 Å². The topological polar surface area (TPSA) is 36.4 Å². The van der Waals surface area contributed by atoms with Crippen molar-refractivity contribution in [3.63, 3.8) is 0 Å². The molecular formula is C13H19ClN2O. The van der Waals surface area contributed by atoms with Gasteiger partial charge in [-0.25, -0.2) is 4.98 Å². The molecule has 2 atom stereocenters. The summed E-state index contributed by atoms with van der Waals surface area (Å²) in [6.07, 6.45) is 3.19. The Morgan fingerprint density at radius 2 is 2.35 bits per heavy atom. The molecule has 0 amide bonds. The summed E-state index contributed by atoms with van der Waals surface area (Å²) in [6, 6.07) is 5.95. The summed E-state index contributed by atoms with van der Waals surface area (Å²) < 4.78 is 0. The van der Waals surface area contributed by atoms with Crippen molar-refractivity contribution in [2.45, 2.75) is 44.9 Å². The maximum absolute atomic E-state index is 9.79. The molecule has 0 bridgehead atoms. The first kappa shape index (κ1) is 12.8. The second-order valence-electron chi connectivity index (χ2n) is 4.73. The Bertz CT molecular complexity index is 370. The maximum Gasteiger partial charge on any atom is 0.129 e. The molecule has 1 aromatic heterocycles. The van der Waals surface area contributed by atoms with Crippen LogP contribution in [-0.4, -0.2) is 33.7 Å². The van der Waals surface area contributed by atoms with E-state index in [-0.39, 0.29) is 12.1 Å². The molecule has 1 aliphatic rings. The van der Waals surface area contributed by atoms with Gasteiger partial charge in [0.1, 0.15) is 5.15 Å². The first-order valence-corrected chi connectivity index (χ1v) is 6.58. The van der Waals surface area contributed by atoms with Crippen molar-refractivity contribution in [2.75, 3.05) is 6.54 Å². The van der Waals surface area contributed by atoms with Crippen LogP contribution in [0.5, 0.6) is 0 Å². The lowest BCUT2D eigenvalue weighted by Crippen LogP contribution is -2.45. The van der Waals surface area contributed by atoms with Crippen LogP contribution in [0.3, 0.4) is 0 Å². The van der Waals surface area contributed by atoms with Crippen molar-refractivity contribution in [3.05, 3.63) is 29.0 Å². The van der Waals surface area contributed by atoms with E-state index < -0.39 is 0 Å². The van der Waals surface area contributed by atoms with Gasteiger partial charge in [-0.3, -0.25) is 4.90 Å². The van der Waals surface area contributed by atoms with Gasteiger partial charge in [0.15, 0.2) is 0 Å². The SMILES string of the molecule is CC(O)C1CCCCN1Cc1cccc(Cl)n1. The molecule has 0 saturated carbocycles. The van der Waals surface area contributed by atoms with Crippen molar-refractivity contribution in [3.8, 4) is 0 Å². The van der Waals surface area contributed by atoms with Gasteiger partial charge < -0.3 is 5.11 Å². The fourth-order valence-electron chi connectivity index (χ4n) is 2.51. The normalized spacial score (nSPS) is 23.6. The van der Waals surface area contributed by atoms with Crippen LogP contribution in [0, 0.1) is 0 Å². The Balaban J connectivity index is 2.05. The van der Waals surface area contributed by atoms with Crippen molar-refractivity contribution >= 4 is 11.6 Å². The number of aromatic nitrogens is 1. The molecule has 0 spiro atoms. The Morgan fingerprint density at radius 3 is 3.06 bits per heavy atom. The van der Waals surface area contributed by atoms with Crippen LogP contribution >= 0.6 is 11.6 Å². The van der Waals surface area contributed by atoms with E-state index in [0.29, 0.717) is 5.15 Å². The maximum atomic E-state index is 9.79. The smallest absolute Gasteiger partial charge is 0.129 e. The van der Waals surface area contributed by atoms with Crippen LogP contribution in [0.1, 0.15) is 31.9 Å². The van der Waals surface area contributed by atoms with Crippen LogP contribution in [0.25, 0.3) is 0 Å². The highest BCUT2D eigenvalue weighted by Crippen LogP contribution is 2.21. The third kappa shape index (κ3) is 3.41. The largest absolute Gasteiger partial charge is 0.392 e. The summed E-state index contributed by atoms with van der Waals surface area (Å²) in [4.78, 5) is 6.62. The minimum Gasteiger partial charge on any atom is -0.392 e. The molecule has 0 radical (unpaired) electrons. The zero-order valence-corrected chi connectivity index (χ0v) is 10.9. The minimum absolute atomic E-state index is 0.254. The summed E-state index contributed by atoms with van der Waals surface area (Å²) in [5.74, 6) is 0. The van der Waals surface area contributed by atoms with Gasteiger partial charge in [-0.05, 0) is 38.4 Å². The van der Waals surface area contributed by atoms with E-state index in [1.165, 1.54) is 12.8 Å². The van der Waals surface area contributed by atoms with Gasteiger partial charge in [-0.1, -0.05) is 24.1 Å². The molecule has 1 N–H and O–H groups in total. The predicted molar refractivity (Wildman–Crippen MR) is 69.0 cm³/mol. The van der Waals surface area contributed by atoms with Crippen LogP contribution in [0.15, 0.2) is 18.2 Å². The molecular weight excluding hydrogens is 236 g/mol. The Labute approximate surface area is 107 Å². The monoisotopic (exact) mass is 254 g/mol. The lowest BCUT2D eigenvalue weighted by Gasteiger charge is -2.37. The summed E-state index contributed by atoms with van der Waals surface area (Å²) in [7, 11) is 0. The van der Waals surface area contributed by atoms with Crippen LogP contribution in [-0.2, 0) is 6.54 Å². The van der Waals surface area contributed by atoms with Crippen LogP contribution < -0.4 is 0 Å². The van der Waals surface area contributed by atoms with Crippen molar-refractivity contribution in [1.29, 1.82) is 0 Å². The molecule has 0 aromatic carbocycles. The molecule has 2 unspecified atom stereocenters. The molecule has 2 rings (SSSR count). The third-order valence-electron chi connectivity index (χ3n) is 3.36. The van der Waals surface area contributed by atoms with Gasteiger partial charge in [-0.2, -0.15) is 0 Å². The molecule has 1 aliphatic heterocycles. The Hall–Kier alpha value is -0.640. The summed E-state index contributed by atoms with van der Waals surface area (Å²) in [6.45, 7) is 3.67. The van der Waals surface area contributed by atoms with E-state index in [1.54, 1.807) is 6.07 Å². The number of aliphatic hydroxyl groups excluding tert-OH is 1. The standard InChI is InChI=1S/C13H19ClN2O/c1-10(17)12-6-2-3-8-16(12)9-11-5-4-7-13(14)15-11/h4-5,7,10,12,17H,2-3,6,8-9H2,1H3. The minimum atomic E-state index is -0.283. The van der Waals surface area contributed by atoms with E-state index in [1.807, 2.05) is 19.1 Å².